The molecule has 0 bridgehead atoms. The summed E-state index contributed by atoms with van der Waals surface area (Å²) in [7, 11) is 4.49. The van der Waals surface area contributed by atoms with Gasteiger partial charge in [-0.1, -0.05) is 6.07 Å². The molecule has 122 valence electrons. The van der Waals surface area contributed by atoms with Crippen LogP contribution >= 0.6 is 0 Å². The smallest absolute Gasteiger partial charge is 0.307 e. The van der Waals surface area contributed by atoms with E-state index in [1.54, 1.807) is 14.2 Å². The van der Waals surface area contributed by atoms with E-state index < -0.39 is 0 Å². The predicted octanol–water partition coefficient (Wildman–Crippen LogP) is 1.53. The molecule has 0 spiro atoms. The van der Waals surface area contributed by atoms with Gasteiger partial charge in [0.2, 0.25) is 5.95 Å². The molecule has 0 radical (unpaired) electrons. The first kappa shape index (κ1) is 16.5. The number of hydrogen-bond acceptors (Lipinski definition) is 8. The largest absolute Gasteiger partial charge is 0.496 e. The fraction of sp³-hybridized carbons (Fsp3) is 0.333. The Kier molecular flexibility index (Phi) is 5.67. The molecule has 1 heterocycles. The van der Waals surface area contributed by atoms with Crippen LogP contribution in [0.4, 0.5) is 5.95 Å². The molecular formula is C15H18N4O4. The molecule has 1 N–H and O–H groups in total. The van der Waals surface area contributed by atoms with Crippen LogP contribution in [0.15, 0.2) is 24.4 Å². The highest BCUT2D eigenvalue weighted by Gasteiger charge is 2.15. The number of anilines is 1. The second-order valence-electron chi connectivity index (χ2n) is 4.46. The molecule has 0 aliphatic carbocycles. The highest BCUT2D eigenvalue weighted by Crippen LogP contribution is 2.36. The highest BCUT2D eigenvalue weighted by atomic mass is 16.5. The molecule has 2 aromatic rings. The first-order valence-electron chi connectivity index (χ1n) is 6.91. The lowest BCUT2D eigenvalue weighted by atomic mass is 10.1. The molecule has 23 heavy (non-hydrogen) atoms. The van der Waals surface area contributed by atoms with E-state index in [9.17, 15) is 4.79 Å². The highest BCUT2D eigenvalue weighted by molar-refractivity contribution is 5.74. The number of esters is 1. The number of carbonyl (C=O) groups is 1. The summed E-state index contributed by atoms with van der Waals surface area (Å²) in [5.41, 5.74) is 1.23. The lowest BCUT2D eigenvalue weighted by Crippen LogP contribution is -2.12. The predicted molar refractivity (Wildman–Crippen MR) is 83.5 cm³/mol. The van der Waals surface area contributed by atoms with Gasteiger partial charge in [-0.15, -0.1) is 5.10 Å². The zero-order chi connectivity index (χ0) is 16.7. The molecule has 0 saturated carbocycles. The molecule has 0 aliphatic rings. The molecule has 0 aliphatic heterocycles. The fourth-order valence-electron chi connectivity index (χ4n) is 1.98. The molecule has 0 atom stereocenters. The summed E-state index contributed by atoms with van der Waals surface area (Å²) >= 11 is 0. The van der Waals surface area contributed by atoms with Crippen molar-refractivity contribution in [2.45, 2.75) is 6.42 Å². The number of rotatable bonds is 7. The van der Waals surface area contributed by atoms with E-state index in [0.29, 0.717) is 35.2 Å². The topological polar surface area (TPSA) is 95.5 Å². The SMILES string of the molecule is COC(=O)CCNc1nncc(-c2c(OC)cccc2OC)n1. The van der Waals surface area contributed by atoms with Gasteiger partial charge in [0.05, 0.1) is 39.5 Å². The molecule has 1 aromatic carbocycles. The summed E-state index contributed by atoms with van der Waals surface area (Å²) in [6.07, 6.45) is 1.73. The van der Waals surface area contributed by atoms with Crippen LogP contribution < -0.4 is 14.8 Å². The quantitative estimate of drug-likeness (QED) is 0.768. The van der Waals surface area contributed by atoms with Crippen LogP contribution in [0.2, 0.25) is 0 Å². The van der Waals surface area contributed by atoms with Gasteiger partial charge in [-0.05, 0) is 12.1 Å². The molecule has 8 heteroatoms. The van der Waals surface area contributed by atoms with Gasteiger partial charge in [-0.3, -0.25) is 4.79 Å². The second kappa shape index (κ2) is 7.92. The van der Waals surface area contributed by atoms with E-state index in [4.69, 9.17) is 9.47 Å². The number of benzene rings is 1. The minimum Gasteiger partial charge on any atom is -0.496 e. The number of carbonyl (C=O) groups excluding carboxylic acids is 1. The van der Waals surface area contributed by atoms with E-state index in [2.05, 4.69) is 25.2 Å². The van der Waals surface area contributed by atoms with Gasteiger partial charge >= 0.3 is 5.97 Å². The summed E-state index contributed by atoms with van der Waals surface area (Å²) in [5.74, 6) is 1.23. The summed E-state index contributed by atoms with van der Waals surface area (Å²) in [6, 6.07) is 5.44. The standard InChI is InChI=1S/C15H18N4O4/c1-21-11-5-4-6-12(22-2)14(11)10-9-17-19-15(18-10)16-8-7-13(20)23-3/h4-6,9H,7-8H2,1-3H3,(H,16,18,19). The van der Waals surface area contributed by atoms with Gasteiger partial charge < -0.3 is 19.5 Å². The van der Waals surface area contributed by atoms with Crippen molar-refractivity contribution in [3.63, 3.8) is 0 Å². The number of hydrogen-bond donors (Lipinski definition) is 1. The summed E-state index contributed by atoms with van der Waals surface area (Å²) in [6.45, 7) is 0.348. The van der Waals surface area contributed by atoms with Gasteiger partial charge in [0.1, 0.15) is 17.2 Å². The van der Waals surface area contributed by atoms with Crippen molar-refractivity contribution in [1.29, 1.82) is 0 Å². The molecule has 8 nitrogen and oxygen atoms in total. The zero-order valence-electron chi connectivity index (χ0n) is 13.2. The Labute approximate surface area is 133 Å². The van der Waals surface area contributed by atoms with Crippen molar-refractivity contribution in [2.24, 2.45) is 0 Å². The third-order valence-corrected chi connectivity index (χ3v) is 3.08. The number of methoxy groups -OCH3 is 3. The molecule has 0 amide bonds. The second-order valence-corrected chi connectivity index (χ2v) is 4.46. The zero-order valence-corrected chi connectivity index (χ0v) is 13.2. The normalized spacial score (nSPS) is 10.0. The first-order valence-corrected chi connectivity index (χ1v) is 6.91. The van der Waals surface area contributed by atoms with Crippen molar-refractivity contribution in [2.75, 3.05) is 33.2 Å². The summed E-state index contributed by atoms with van der Waals surface area (Å²) < 4.78 is 15.3. The van der Waals surface area contributed by atoms with Crippen molar-refractivity contribution in [3.05, 3.63) is 24.4 Å². The van der Waals surface area contributed by atoms with Gasteiger partial charge in [0.25, 0.3) is 0 Å². The van der Waals surface area contributed by atoms with Gasteiger partial charge in [0.15, 0.2) is 0 Å². The van der Waals surface area contributed by atoms with Crippen molar-refractivity contribution in [3.8, 4) is 22.8 Å². The van der Waals surface area contributed by atoms with Crippen molar-refractivity contribution in [1.82, 2.24) is 15.2 Å². The number of nitrogens with one attached hydrogen (secondary N) is 1. The molecular weight excluding hydrogens is 300 g/mol. The Morgan fingerprint density at radius 3 is 2.48 bits per heavy atom. The van der Waals surface area contributed by atoms with E-state index in [-0.39, 0.29) is 12.4 Å². The maximum absolute atomic E-state index is 11.1. The Bertz CT molecular complexity index is 656. The Morgan fingerprint density at radius 2 is 1.87 bits per heavy atom. The summed E-state index contributed by atoms with van der Waals surface area (Å²) in [5, 5.41) is 10.7. The lowest BCUT2D eigenvalue weighted by molar-refractivity contribution is -0.140. The molecule has 0 saturated heterocycles. The minimum absolute atomic E-state index is 0.210. The van der Waals surface area contributed by atoms with Crippen LogP contribution in [0, 0.1) is 0 Å². The molecule has 0 fully saturated rings. The molecule has 2 rings (SSSR count). The van der Waals surface area contributed by atoms with Crippen LogP contribution in [-0.4, -0.2) is 49.0 Å². The number of ether oxygens (including phenoxy) is 3. The van der Waals surface area contributed by atoms with Gasteiger partial charge in [-0.25, -0.2) is 4.98 Å². The van der Waals surface area contributed by atoms with E-state index >= 15 is 0 Å². The third kappa shape index (κ3) is 4.06. The average Bonchev–Trinajstić information content (AvgIpc) is 2.60. The van der Waals surface area contributed by atoms with Crippen LogP contribution in [0.1, 0.15) is 6.42 Å². The number of aromatic nitrogens is 3. The van der Waals surface area contributed by atoms with Crippen LogP contribution in [0.3, 0.4) is 0 Å². The lowest BCUT2D eigenvalue weighted by Gasteiger charge is -2.12. The van der Waals surface area contributed by atoms with Crippen molar-refractivity contribution >= 4 is 11.9 Å². The van der Waals surface area contributed by atoms with Crippen molar-refractivity contribution < 1.29 is 19.0 Å². The Balaban J connectivity index is 2.24. The first-order chi connectivity index (χ1) is 11.2. The molecule has 0 unspecified atom stereocenters. The molecule has 1 aromatic heterocycles. The Hall–Kier alpha value is -2.90. The maximum atomic E-state index is 11.1. The fourth-order valence-corrected chi connectivity index (χ4v) is 1.98. The third-order valence-electron chi connectivity index (χ3n) is 3.08. The average molecular weight is 318 g/mol. The van der Waals surface area contributed by atoms with E-state index in [1.807, 2.05) is 18.2 Å². The van der Waals surface area contributed by atoms with Gasteiger partial charge in [0, 0.05) is 6.54 Å². The maximum Gasteiger partial charge on any atom is 0.307 e. The monoisotopic (exact) mass is 318 g/mol. The van der Waals surface area contributed by atoms with E-state index in [1.165, 1.54) is 13.3 Å². The Morgan fingerprint density at radius 1 is 1.17 bits per heavy atom. The van der Waals surface area contributed by atoms with Crippen LogP contribution in [0.5, 0.6) is 11.5 Å². The van der Waals surface area contributed by atoms with Gasteiger partial charge in [-0.2, -0.15) is 5.10 Å². The van der Waals surface area contributed by atoms with Crippen LogP contribution in [-0.2, 0) is 9.53 Å². The number of nitrogens with zero attached hydrogens (tertiary/aromatic N) is 3. The minimum atomic E-state index is -0.312. The van der Waals surface area contributed by atoms with Crippen LogP contribution in [0.25, 0.3) is 11.3 Å². The summed E-state index contributed by atoms with van der Waals surface area (Å²) in [4.78, 5) is 15.5. The van der Waals surface area contributed by atoms with E-state index in [0.717, 1.165) is 0 Å².